The summed E-state index contributed by atoms with van der Waals surface area (Å²) in [5.74, 6) is 2.31. The van der Waals surface area contributed by atoms with Gasteiger partial charge in [0.15, 0.2) is 5.75 Å². The number of hydrogen-bond donors (Lipinski definition) is 0. The number of rotatable bonds is 2. The van der Waals surface area contributed by atoms with Gasteiger partial charge in [-0.25, -0.2) is 13.4 Å². The second-order valence-electron chi connectivity index (χ2n) is 8.57. The third-order valence-corrected chi connectivity index (χ3v) is 7.96. The van der Waals surface area contributed by atoms with Gasteiger partial charge in [-0.2, -0.15) is 4.31 Å². The Kier molecular flexibility index (Phi) is 5.68. The molecule has 2 heterocycles. The van der Waals surface area contributed by atoms with Gasteiger partial charge in [-0.3, -0.25) is 0 Å². The molecule has 0 unspecified atom stereocenters. The van der Waals surface area contributed by atoms with E-state index >= 15 is 0 Å². The van der Waals surface area contributed by atoms with Crippen LogP contribution in [0.25, 0.3) is 0 Å². The first-order valence-electron chi connectivity index (χ1n) is 11.2. The van der Waals surface area contributed by atoms with E-state index in [1.165, 1.54) is 0 Å². The van der Waals surface area contributed by atoms with Crippen LogP contribution in [0, 0.1) is 13.8 Å². The first-order chi connectivity index (χ1) is 15.9. The molecule has 1 fully saturated rings. The lowest BCUT2D eigenvalue weighted by Crippen LogP contribution is -2.37. The Morgan fingerprint density at radius 1 is 0.818 bits per heavy atom. The summed E-state index contributed by atoms with van der Waals surface area (Å²) < 4.78 is 34.4. The van der Waals surface area contributed by atoms with E-state index in [-0.39, 0.29) is 0 Å². The minimum Gasteiger partial charge on any atom is -0.454 e. The Balaban J connectivity index is 1.48. The molecule has 2 aliphatic rings. The second kappa shape index (κ2) is 8.65. The molecule has 0 bridgehead atoms. The van der Waals surface area contributed by atoms with E-state index < -0.39 is 10.0 Å². The monoisotopic (exact) mass is 461 g/mol. The molecule has 0 N–H and O–H groups in total. The van der Waals surface area contributed by atoms with E-state index in [0.717, 1.165) is 39.7 Å². The van der Waals surface area contributed by atoms with Gasteiger partial charge >= 0.3 is 0 Å². The van der Waals surface area contributed by atoms with Crippen LogP contribution in [-0.4, -0.2) is 49.6 Å². The van der Waals surface area contributed by atoms with Crippen molar-refractivity contribution in [1.29, 1.82) is 0 Å². The zero-order valence-electron chi connectivity index (χ0n) is 18.9. The van der Waals surface area contributed by atoms with Crippen LogP contribution >= 0.6 is 0 Å². The Morgan fingerprint density at radius 3 is 2.48 bits per heavy atom. The number of aliphatic imine (C=N–C) groups is 1. The van der Waals surface area contributed by atoms with Crippen LogP contribution < -0.4 is 4.74 Å². The van der Waals surface area contributed by atoms with E-state index in [0.29, 0.717) is 37.5 Å². The fraction of sp³-hybridized carbons (Fsp3) is 0.269. The molecule has 0 spiro atoms. The summed E-state index contributed by atoms with van der Waals surface area (Å²) in [5.41, 5.74) is 3.76. The first-order valence-corrected chi connectivity index (χ1v) is 12.6. The van der Waals surface area contributed by atoms with Crippen molar-refractivity contribution < 1.29 is 13.2 Å². The van der Waals surface area contributed by atoms with Gasteiger partial charge in [0, 0.05) is 26.2 Å². The first kappa shape index (κ1) is 21.7. The molecular formula is C26H27N3O3S. The number of sulfonamides is 1. The smallest absolute Gasteiger partial charge is 0.243 e. The molecule has 3 aromatic carbocycles. The van der Waals surface area contributed by atoms with Gasteiger partial charge in [0.2, 0.25) is 10.0 Å². The molecule has 0 saturated carbocycles. The van der Waals surface area contributed by atoms with Crippen LogP contribution in [0.5, 0.6) is 11.5 Å². The van der Waals surface area contributed by atoms with E-state index in [9.17, 15) is 8.42 Å². The standard InChI is InChI=1S/C26H27N3O3S/c1-19-7-5-8-21(17-19)33(30,31)29-14-6-13-28(15-16-29)26-22-18-20(2)11-12-24(22)32-25-10-4-3-9-23(25)27-26/h3-5,7-12,17-18H,6,13-16H2,1-2H3. The predicted octanol–water partition coefficient (Wildman–Crippen LogP) is 4.88. The number of fused-ring (bicyclic) bond motifs is 2. The highest BCUT2D eigenvalue weighted by molar-refractivity contribution is 7.89. The fourth-order valence-electron chi connectivity index (χ4n) is 4.35. The number of amidine groups is 1. The van der Waals surface area contributed by atoms with E-state index in [4.69, 9.17) is 9.73 Å². The van der Waals surface area contributed by atoms with Gasteiger partial charge in [0.05, 0.1) is 10.5 Å². The SMILES string of the molecule is Cc1cccc(S(=O)(=O)N2CCCN(C3=Nc4ccccc4Oc4ccc(C)cc43)CC2)c1. The summed E-state index contributed by atoms with van der Waals surface area (Å²) in [6, 6.07) is 21.0. The van der Waals surface area contributed by atoms with Crippen molar-refractivity contribution >= 4 is 21.5 Å². The maximum Gasteiger partial charge on any atom is 0.243 e. The van der Waals surface area contributed by atoms with Crippen molar-refractivity contribution in [1.82, 2.24) is 9.21 Å². The number of hydrogen-bond acceptors (Lipinski definition) is 5. The van der Waals surface area contributed by atoms with Crippen molar-refractivity contribution in [2.45, 2.75) is 25.2 Å². The highest BCUT2D eigenvalue weighted by Gasteiger charge is 2.30. The van der Waals surface area contributed by atoms with Crippen LogP contribution in [0.3, 0.4) is 0 Å². The molecule has 0 atom stereocenters. The molecular weight excluding hydrogens is 434 g/mol. The van der Waals surface area contributed by atoms with Crippen LogP contribution in [0.15, 0.2) is 76.6 Å². The van der Waals surface area contributed by atoms with Gasteiger partial charge in [-0.15, -0.1) is 0 Å². The molecule has 2 aliphatic heterocycles. The number of aryl methyl sites for hydroxylation is 2. The van der Waals surface area contributed by atoms with Crippen LogP contribution in [0.2, 0.25) is 0 Å². The molecule has 0 aliphatic carbocycles. The average Bonchev–Trinajstić information content (AvgIpc) is 3.14. The van der Waals surface area contributed by atoms with Gasteiger partial charge < -0.3 is 9.64 Å². The summed E-state index contributed by atoms with van der Waals surface area (Å²) in [4.78, 5) is 7.54. The molecule has 3 aromatic rings. The summed E-state index contributed by atoms with van der Waals surface area (Å²) >= 11 is 0. The molecule has 6 nitrogen and oxygen atoms in total. The normalized spacial score (nSPS) is 16.7. The van der Waals surface area contributed by atoms with Crippen molar-refractivity contribution in [2.24, 2.45) is 4.99 Å². The van der Waals surface area contributed by atoms with Gasteiger partial charge in [0.1, 0.15) is 17.3 Å². The Bertz CT molecular complexity index is 1330. The number of nitrogens with zero attached hydrogens (tertiary/aromatic N) is 3. The Morgan fingerprint density at radius 2 is 1.64 bits per heavy atom. The minimum atomic E-state index is -3.54. The topological polar surface area (TPSA) is 62.2 Å². The maximum atomic E-state index is 13.3. The molecule has 7 heteroatoms. The quantitative estimate of drug-likeness (QED) is 0.546. The molecule has 0 radical (unpaired) electrons. The third-order valence-electron chi connectivity index (χ3n) is 6.07. The van der Waals surface area contributed by atoms with E-state index in [2.05, 4.69) is 17.9 Å². The third kappa shape index (κ3) is 4.26. The fourth-order valence-corrected chi connectivity index (χ4v) is 5.92. The zero-order chi connectivity index (χ0) is 23.0. The highest BCUT2D eigenvalue weighted by atomic mass is 32.2. The van der Waals surface area contributed by atoms with Crippen molar-refractivity contribution in [3.05, 3.63) is 83.4 Å². The highest BCUT2D eigenvalue weighted by Crippen LogP contribution is 2.38. The van der Waals surface area contributed by atoms with Crippen molar-refractivity contribution in [3.8, 4) is 11.5 Å². The van der Waals surface area contributed by atoms with Crippen molar-refractivity contribution in [2.75, 3.05) is 26.2 Å². The summed E-state index contributed by atoms with van der Waals surface area (Å²) in [6.45, 7) is 6.11. The molecule has 0 aromatic heterocycles. The summed E-state index contributed by atoms with van der Waals surface area (Å²) in [5, 5.41) is 0. The number of para-hydroxylation sites is 2. The van der Waals surface area contributed by atoms with Crippen LogP contribution in [0.1, 0.15) is 23.1 Å². The largest absolute Gasteiger partial charge is 0.454 e. The molecule has 33 heavy (non-hydrogen) atoms. The average molecular weight is 462 g/mol. The number of ether oxygens (including phenoxy) is 1. The second-order valence-corrected chi connectivity index (χ2v) is 10.5. The Labute approximate surface area is 195 Å². The van der Waals surface area contributed by atoms with Gasteiger partial charge in [-0.05, 0) is 62.2 Å². The molecule has 170 valence electrons. The lowest BCUT2D eigenvalue weighted by Gasteiger charge is -2.25. The van der Waals surface area contributed by atoms with Crippen LogP contribution in [-0.2, 0) is 10.0 Å². The van der Waals surface area contributed by atoms with Gasteiger partial charge in [-0.1, -0.05) is 35.9 Å². The predicted molar refractivity (Wildman–Crippen MR) is 130 cm³/mol. The Hall–Kier alpha value is -3.16. The maximum absolute atomic E-state index is 13.3. The molecule has 0 amide bonds. The van der Waals surface area contributed by atoms with E-state index in [1.54, 1.807) is 22.5 Å². The van der Waals surface area contributed by atoms with E-state index in [1.807, 2.05) is 49.4 Å². The lowest BCUT2D eigenvalue weighted by atomic mass is 10.1. The minimum absolute atomic E-state index is 0.353. The van der Waals surface area contributed by atoms with Crippen LogP contribution in [0.4, 0.5) is 5.69 Å². The summed E-state index contributed by atoms with van der Waals surface area (Å²) in [7, 11) is -3.54. The van der Waals surface area contributed by atoms with Gasteiger partial charge in [0.25, 0.3) is 0 Å². The lowest BCUT2D eigenvalue weighted by molar-refractivity contribution is 0.407. The molecule has 5 rings (SSSR count). The molecule has 1 saturated heterocycles. The zero-order valence-corrected chi connectivity index (χ0v) is 19.7. The summed E-state index contributed by atoms with van der Waals surface area (Å²) in [6.07, 6.45) is 0.716. The number of benzene rings is 3. The van der Waals surface area contributed by atoms with Crippen molar-refractivity contribution in [3.63, 3.8) is 0 Å².